The van der Waals surface area contributed by atoms with Crippen molar-refractivity contribution >= 4 is 0 Å². The van der Waals surface area contributed by atoms with Gasteiger partial charge in [-0.05, 0) is 50.0 Å². The lowest BCUT2D eigenvalue weighted by atomic mass is 9.98. The quantitative estimate of drug-likeness (QED) is 0.434. The molecule has 0 aliphatic heterocycles. The number of allylic oxidation sites excluding steroid dienone is 1. The van der Waals surface area contributed by atoms with Crippen molar-refractivity contribution in [2.24, 2.45) is 11.3 Å². The van der Waals surface area contributed by atoms with E-state index in [0.29, 0.717) is 5.41 Å². The van der Waals surface area contributed by atoms with Crippen LogP contribution in [0, 0.1) is 11.3 Å². The number of nitrogens with one attached hydrogen (secondary N) is 1. The second-order valence-corrected chi connectivity index (χ2v) is 6.29. The van der Waals surface area contributed by atoms with Gasteiger partial charge in [0, 0.05) is 6.04 Å². The Hall–Kier alpha value is -0.300. The summed E-state index contributed by atoms with van der Waals surface area (Å²) < 4.78 is 0. The summed E-state index contributed by atoms with van der Waals surface area (Å²) in [6, 6.07) is 0.772. The molecule has 0 aromatic rings. The molecule has 1 aliphatic carbocycles. The van der Waals surface area contributed by atoms with Crippen LogP contribution in [-0.4, -0.2) is 12.6 Å². The maximum atomic E-state index is 3.78. The van der Waals surface area contributed by atoms with Gasteiger partial charge in [0.2, 0.25) is 0 Å². The molecular weight excluding hydrogens is 206 g/mol. The molecule has 1 aliphatic rings. The minimum atomic E-state index is 0.604. The van der Waals surface area contributed by atoms with Crippen LogP contribution < -0.4 is 5.32 Å². The van der Waals surface area contributed by atoms with E-state index in [-0.39, 0.29) is 0 Å². The summed E-state index contributed by atoms with van der Waals surface area (Å²) in [5, 5.41) is 3.76. The van der Waals surface area contributed by atoms with Crippen LogP contribution in [-0.2, 0) is 0 Å². The van der Waals surface area contributed by atoms with E-state index in [1.165, 1.54) is 51.5 Å². The van der Waals surface area contributed by atoms with E-state index in [0.717, 1.165) is 12.0 Å². The SMILES string of the molecule is C=CCCCCCC(NCCC)C1CC1(C)C. The molecule has 1 fully saturated rings. The van der Waals surface area contributed by atoms with E-state index in [1.54, 1.807) is 0 Å². The lowest BCUT2D eigenvalue weighted by Gasteiger charge is -2.20. The molecule has 1 heteroatoms. The van der Waals surface area contributed by atoms with Gasteiger partial charge in [-0.2, -0.15) is 0 Å². The highest BCUT2D eigenvalue weighted by atomic mass is 14.9. The minimum Gasteiger partial charge on any atom is -0.314 e. The second kappa shape index (κ2) is 7.20. The van der Waals surface area contributed by atoms with Crippen LogP contribution in [0.2, 0.25) is 0 Å². The highest BCUT2D eigenvalue weighted by molar-refractivity contribution is 5.01. The van der Waals surface area contributed by atoms with Gasteiger partial charge in [-0.1, -0.05) is 39.7 Å². The first-order valence-electron chi connectivity index (χ1n) is 7.46. The number of hydrogen-bond acceptors (Lipinski definition) is 1. The van der Waals surface area contributed by atoms with E-state index >= 15 is 0 Å². The van der Waals surface area contributed by atoms with Crippen LogP contribution in [0.25, 0.3) is 0 Å². The number of hydrogen-bond donors (Lipinski definition) is 1. The molecule has 0 aromatic carbocycles. The fraction of sp³-hybridized carbons (Fsp3) is 0.875. The van der Waals surface area contributed by atoms with Gasteiger partial charge in [-0.25, -0.2) is 0 Å². The molecule has 2 atom stereocenters. The topological polar surface area (TPSA) is 12.0 Å². The summed E-state index contributed by atoms with van der Waals surface area (Å²) in [6.45, 7) is 12.0. The second-order valence-electron chi connectivity index (χ2n) is 6.29. The van der Waals surface area contributed by atoms with Crippen molar-refractivity contribution in [3.05, 3.63) is 12.7 Å². The maximum absolute atomic E-state index is 3.78. The Kier molecular flexibility index (Phi) is 6.26. The summed E-state index contributed by atoms with van der Waals surface area (Å²) in [5.74, 6) is 0.924. The number of rotatable bonds is 10. The summed E-state index contributed by atoms with van der Waals surface area (Å²) >= 11 is 0. The molecule has 1 N–H and O–H groups in total. The average molecular weight is 237 g/mol. The Morgan fingerprint density at radius 2 is 2.06 bits per heavy atom. The zero-order valence-electron chi connectivity index (χ0n) is 12.1. The van der Waals surface area contributed by atoms with Gasteiger partial charge < -0.3 is 5.32 Å². The summed E-state index contributed by atoms with van der Waals surface area (Å²) in [4.78, 5) is 0. The molecule has 2 unspecified atom stereocenters. The number of unbranched alkanes of at least 4 members (excludes halogenated alkanes) is 3. The predicted molar refractivity (Wildman–Crippen MR) is 77.3 cm³/mol. The van der Waals surface area contributed by atoms with E-state index in [2.05, 4.69) is 32.7 Å². The Morgan fingerprint density at radius 3 is 2.59 bits per heavy atom. The smallest absolute Gasteiger partial charge is 0.0101 e. The molecule has 0 radical (unpaired) electrons. The van der Waals surface area contributed by atoms with Crippen LogP contribution in [0.5, 0.6) is 0 Å². The normalized spacial score (nSPS) is 23.4. The van der Waals surface area contributed by atoms with Gasteiger partial charge in [0.1, 0.15) is 0 Å². The Bertz CT molecular complexity index is 220. The Morgan fingerprint density at radius 1 is 1.35 bits per heavy atom. The molecule has 0 amide bonds. The third-order valence-corrected chi connectivity index (χ3v) is 4.16. The van der Waals surface area contributed by atoms with Gasteiger partial charge in [-0.15, -0.1) is 6.58 Å². The van der Waals surface area contributed by atoms with Gasteiger partial charge in [-0.3, -0.25) is 0 Å². The predicted octanol–water partition coefficient (Wildman–Crippen LogP) is 4.54. The van der Waals surface area contributed by atoms with Crippen LogP contribution in [0.1, 0.15) is 65.7 Å². The Balaban J connectivity index is 2.20. The fourth-order valence-corrected chi connectivity index (χ4v) is 2.80. The zero-order valence-corrected chi connectivity index (χ0v) is 12.1. The highest BCUT2D eigenvalue weighted by Crippen LogP contribution is 2.54. The molecule has 1 rings (SSSR count). The van der Waals surface area contributed by atoms with E-state index < -0.39 is 0 Å². The van der Waals surface area contributed by atoms with Crippen molar-refractivity contribution in [1.29, 1.82) is 0 Å². The fourth-order valence-electron chi connectivity index (χ4n) is 2.80. The van der Waals surface area contributed by atoms with Gasteiger partial charge in [0.05, 0.1) is 0 Å². The van der Waals surface area contributed by atoms with Crippen LogP contribution in [0.3, 0.4) is 0 Å². The zero-order chi connectivity index (χ0) is 12.7. The lowest BCUT2D eigenvalue weighted by molar-refractivity contribution is 0.373. The third kappa shape index (κ3) is 5.25. The molecule has 0 spiro atoms. The van der Waals surface area contributed by atoms with Crippen molar-refractivity contribution in [3.63, 3.8) is 0 Å². The molecule has 0 saturated heterocycles. The van der Waals surface area contributed by atoms with Crippen molar-refractivity contribution in [1.82, 2.24) is 5.32 Å². The van der Waals surface area contributed by atoms with E-state index in [4.69, 9.17) is 0 Å². The molecule has 0 aromatic heterocycles. The van der Waals surface area contributed by atoms with Crippen LogP contribution in [0.15, 0.2) is 12.7 Å². The van der Waals surface area contributed by atoms with Crippen molar-refractivity contribution in [2.75, 3.05) is 6.54 Å². The highest BCUT2D eigenvalue weighted by Gasteiger charge is 2.49. The third-order valence-electron chi connectivity index (χ3n) is 4.16. The van der Waals surface area contributed by atoms with Crippen LogP contribution >= 0.6 is 0 Å². The largest absolute Gasteiger partial charge is 0.314 e. The van der Waals surface area contributed by atoms with Gasteiger partial charge in [0.25, 0.3) is 0 Å². The molecular formula is C16H31N. The molecule has 1 saturated carbocycles. The lowest BCUT2D eigenvalue weighted by Crippen LogP contribution is -2.33. The molecule has 0 bridgehead atoms. The van der Waals surface area contributed by atoms with Crippen molar-refractivity contribution in [3.8, 4) is 0 Å². The molecule has 0 heterocycles. The summed E-state index contributed by atoms with van der Waals surface area (Å²) in [6.07, 6.45) is 11.3. The Labute approximate surface area is 108 Å². The molecule has 17 heavy (non-hydrogen) atoms. The first-order valence-corrected chi connectivity index (χ1v) is 7.46. The van der Waals surface area contributed by atoms with E-state index in [9.17, 15) is 0 Å². The summed E-state index contributed by atoms with van der Waals surface area (Å²) in [5.41, 5.74) is 0.604. The van der Waals surface area contributed by atoms with E-state index in [1.807, 2.05) is 6.08 Å². The van der Waals surface area contributed by atoms with Gasteiger partial charge >= 0.3 is 0 Å². The molecule has 100 valence electrons. The standard InChI is InChI=1S/C16H31N/c1-5-7-8-9-10-11-15(17-12-6-2)14-13-16(14,3)4/h5,14-15,17H,1,6-13H2,2-4H3. The average Bonchev–Trinajstić information content (AvgIpc) is 2.92. The van der Waals surface area contributed by atoms with Gasteiger partial charge in [0.15, 0.2) is 0 Å². The maximum Gasteiger partial charge on any atom is 0.0101 e. The van der Waals surface area contributed by atoms with Crippen molar-refractivity contribution < 1.29 is 0 Å². The van der Waals surface area contributed by atoms with Crippen LogP contribution in [0.4, 0.5) is 0 Å². The summed E-state index contributed by atoms with van der Waals surface area (Å²) in [7, 11) is 0. The first-order chi connectivity index (χ1) is 8.11. The first kappa shape index (κ1) is 14.8. The van der Waals surface area contributed by atoms with Crippen molar-refractivity contribution in [2.45, 2.75) is 71.8 Å². The molecule has 1 nitrogen and oxygen atoms in total. The monoisotopic (exact) mass is 237 g/mol. The minimum absolute atomic E-state index is 0.604.